The van der Waals surface area contributed by atoms with Crippen LogP contribution in [0.25, 0.3) is 0 Å². The van der Waals surface area contributed by atoms with Crippen LogP contribution in [-0.2, 0) is 0 Å². The lowest BCUT2D eigenvalue weighted by molar-refractivity contribution is 0.514. The Morgan fingerprint density at radius 2 is 2.17 bits per heavy atom. The number of nitrogens with one attached hydrogen (secondary N) is 1. The molecule has 0 saturated carbocycles. The molecule has 1 aliphatic rings. The number of thioether (sulfide) groups is 1. The van der Waals surface area contributed by atoms with Crippen LogP contribution < -0.4 is 5.32 Å². The van der Waals surface area contributed by atoms with E-state index in [4.69, 9.17) is 5.26 Å². The molecule has 5 heteroatoms. The fourth-order valence-corrected chi connectivity index (χ4v) is 3.62. The second-order valence-electron chi connectivity index (χ2n) is 4.34. The van der Waals surface area contributed by atoms with Crippen LogP contribution in [0.1, 0.15) is 18.4 Å². The molecular weight excluding hydrogens is 315 g/mol. The first-order valence-electron chi connectivity index (χ1n) is 5.92. The zero-order valence-corrected chi connectivity index (χ0v) is 12.3. The SMILES string of the molecule is N#Cc1ccc(NCC2CCSCC2)c(F)c1Br. The van der Waals surface area contributed by atoms with E-state index >= 15 is 0 Å². The molecule has 1 fully saturated rings. The van der Waals surface area contributed by atoms with Crippen LogP contribution in [0.2, 0.25) is 0 Å². The Hall–Kier alpha value is -0.730. The number of halogens is 2. The summed E-state index contributed by atoms with van der Waals surface area (Å²) in [6.07, 6.45) is 2.38. The maximum atomic E-state index is 13.9. The van der Waals surface area contributed by atoms with E-state index in [0.717, 1.165) is 6.54 Å². The van der Waals surface area contributed by atoms with E-state index in [9.17, 15) is 4.39 Å². The fourth-order valence-electron chi connectivity index (χ4n) is 1.98. The monoisotopic (exact) mass is 328 g/mol. The van der Waals surface area contributed by atoms with Gasteiger partial charge in [0, 0.05) is 6.54 Å². The third-order valence-electron chi connectivity index (χ3n) is 3.12. The predicted octanol–water partition coefficient (Wildman–Crippen LogP) is 4.01. The van der Waals surface area contributed by atoms with E-state index in [1.165, 1.54) is 24.3 Å². The summed E-state index contributed by atoms with van der Waals surface area (Å²) in [5.41, 5.74) is 0.797. The van der Waals surface area contributed by atoms with Crippen LogP contribution >= 0.6 is 27.7 Å². The molecule has 1 saturated heterocycles. The molecule has 0 aromatic heterocycles. The van der Waals surface area contributed by atoms with Crippen molar-refractivity contribution in [3.8, 4) is 6.07 Å². The molecule has 0 unspecified atom stereocenters. The predicted molar refractivity (Wildman–Crippen MR) is 77.4 cm³/mol. The molecule has 0 amide bonds. The Labute approximate surface area is 119 Å². The molecule has 2 rings (SSSR count). The van der Waals surface area contributed by atoms with Gasteiger partial charge in [0.05, 0.1) is 15.7 Å². The highest BCUT2D eigenvalue weighted by Gasteiger charge is 2.15. The van der Waals surface area contributed by atoms with Gasteiger partial charge in [-0.1, -0.05) is 0 Å². The molecule has 1 N–H and O–H groups in total. The zero-order valence-electron chi connectivity index (χ0n) is 9.88. The van der Waals surface area contributed by atoms with Crippen molar-refractivity contribution in [1.29, 1.82) is 5.26 Å². The molecular formula is C13H14BrFN2S. The number of nitriles is 1. The molecule has 18 heavy (non-hydrogen) atoms. The molecule has 0 bridgehead atoms. The van der Waals surface area contributed by atoms with Crippen LogP contribution in [-0.4, -0.2) is 18.1 Å². The number of benzene rings is 1. The van der Waals surface area contributed by atoms with Crippen molar-refractivity contribution in [3.05, 3.63) is 28.0 Å². The summed E-state index contributed by atoms with van der Waals surface area (Å²) in [5, 5.41) is 11.9. The lowest BCUT2D eigenvalue weighted by Crippen LogP contribution is -2.19. The Bertz CT molecular complexity index is 467. The molecule has 0 aliphatic carbocycles. The number of nitrogens with zero attached hydrogens (tertiary/aromatic N) is 1. The van der Waals surface area contributed by atoms with E-state index < -0.39 is 0 Å². The van der Waals surface area contributed by atoms with E-state index in [1.54, 1.807) is 12.1 Å². The van der Waals surface area contributed by atoms with E-state index in [1.807, 2.05) is 17.8 Å². The van der Waals surface area contributed by atoms with Crippen molar-refractivity contribution in [2.75, 3.05) is 23.4 Å². The highest BCUT2D eigenvalue weighted by Crippen LogP contribution is 2.28. The minimum absolute atomic E-state index is 0.245. The van der Waals surface area contributed by atoms with Crippen molar-refractivity contribution in [1.82, 2.24) is 0 Å². The summed E-state index contributed by atoms with van der Waals surface area (Å²) in [6, 6.07) is 5.22. The van der Waals surface area contributed by atoms with Gasteiger partial charge in [-0.25, -0.2) is 4.39 Å². The smallest absolute Gasteiger partial charge is 0.161 e. The minimum atomic E-state index is -0.376. The van der Waals surface area contributed by atoms with Gasteiger partial charge in [-0.15, -0.1) is 0 Å². The zero-order chi connectivity index (χ0) is 13.0. The van der Waals surface area contributed by atoms with Crippen molar-refractivity contribution in [2.24, 2.45) is 5.92 Å². The summed E-state index contributed by atoms with van der Waals surface area (Å²) in [7, 11) is 0. The summed E-state index contributed by atoms with van der Waals surface area (Å²) in [4.78, 5) is 0. The van der Waals surface area contributed by atoms with Crippen LogP contribution in [0, 0.1) is 23.1 Å². The van der Waals surface area contributed by atoms with Crippen molar-refractivity contribution in [2.45, 2.75) is 12.8 Å². The van der Waals surface area contributed by atoms with Gasteiger partial charge < -0.3 is 5.32 Å². The first-order chi connectivity index (χ1) is 8.72. The summed E-state index contributed by atoms with van der Waals surface area (Å²) in [5.74, 6) is 2.65. The lowest BCUT2D eigenvalue weighted by atomic mass is 10.0. The van der Waals surface area contributed by atoms with Gasteiger partial charge in [0.15, 0.2) is 5.82 Å². The lowest BCUT2D eigenvalue weighted by Gasteiger charge is -2.22. The number of anilines is 1. The van der Waals surface area contributed by atoms with Crippen LogP contribution in [0.4, 0.5) is 10.1 Å². The maximum absolute atomic E-state index is 13.9. The molecule has 1 heterocycles. The van der Waals surface area contributed by atoms with Crippen molar-refractivity contribution >= 4 is 33.4 Å². The largest absolute Gasteiger partial charge is 0.382 e. The summed E-state index contributed by atoms with van der Waals surface area (Å²) >= 11 is 5.10. The molecule has 96 valence electrons. The van der Waals surface area contributed by atoms with Gasteiger partial charge in [0.2, 0.25) is 0 Å². The Balaban J connectivity index is 2.01. The highest BCUT2D eigenvalue weighted by molar-refractivity contribution is 9.10. The first-order valence-corrected chi connectivity index (χ1v) is 7.87. The van der Waals surface area contributed by atoms with Gasteiger partial charge in [-0.2, -0.15) is 17.0 Å². The topological polar surface area (TPSA) is 35.8 Å². The van der Waals surface area contributed by atoms with Gasteiger partial charge in [-0.05, 0) is 58.3 Å². The Kier molecular flexibility index (Phi) is 4.90. The summed E-state index contributed by atoms with van der Waals surface area (Å²) in [6.45, 7) is 0.801. The average molecular weight is 329 g/mol. The maximum Gasteiger partial charge on any atom is 0.161 e. The minimum Gasteiger partial charge on any atom is -0.382 e. The summed E-state index contributed by atoms with van der Waals surface area (Å²) < 4.78 is 14.2. The number of hydrogen-bond acceptors (Lipinski definition) is 3. The molecule has 1 aliphatic heterocycles. The normalized spacial score (nSPS) is 16.3. The van der Waals surface area contributed by atoms with Gasteiger partial charge in [0.1, 0.15) is 6.07 Å². The fraction of sp³-hybridized carbons (Fsp3) is 0.462. The van der Waals surface area contributed by atoms with Gasteiger partial charge in [0.25, 0.3) is 0 Å². The van der Waals surface area contributed by atoms with Crippen LogP contribution in [0.3, 0.4) is 0 Å². The molecule has 1 aromatic rings. The highest BCUT2D eigenvalue weighted by atomic mass is 79.9. The molecule has 0 radical (unpaired) electrons. The average Bonchev–Trinajstić information content (AvgIpc) is 2.42. The second kappa shape index (κ2) is 6.44. The Morgan fingerprint density at radius 1 is 1.44 bits per heavy atom. The van der Waals surface area contributed by atoms with Crippen LogP contribution in [0.5, 0.6) is 0 Å². The molecule has 0 spiro atoms. The number of rotatable bonds is 3. The number of hydrogen-bond donors (Lipinski definition) is 1. The Morgan fingerprint density at radius 3 is 2.83 bits per heavy atom. The third-order valence-corrected chi connectivity index (χ3v) is 4.95. The van der Waals surface area contributed by atoms with Crippen molar-refractivity contribution < 1.29 is 4.39 Å². The molecule has 2 nitrogen and oxygen atoms in total. The third kappa shape index (κ3) is 3.18. The first kappa shape index (κ1) is 13.7. The second-order valence-corrected chi connectivity index (χ2v) is 6.35. The van der Waals surface area contributed by atoms with Gasteiger partial charge >= 0.3 is 0 Å². The van der Waals surface area contributed by atoms with Gasteiger partial charge in [-0.3, -0.25) is 0 Å². The van der Waals surface area contributed by atoms with E-state index in [-0.39, 0.29) is 10.3 Å². The quantitative estimate of drug-likeness (QED) is 0.910. The molecule has 0 atom stereocenters. The van der Waals surface area contributed by atoms with Crippen molar-refractivity contribution in [3.63, 3.8) is 0 Å². The molecule has 1 aromatic carbocycles. The van der Waals surface area contributed by atoms with E-state index in [2.05, 4.69) is 21.2 Å². The van der Waals surface area contributed by atoms with E-state index in [0.29, 0.717) is 17.2 Å². The van der Waals surface area contributed by atoms with Crippen LogP contribution in [0.15, 0.2) is 16.6 Å². The standard InChI is InChI=1S/C13H14BrFN2S/c14-12-10(7-16)1-2-11(13(12)15)17-8-9-3-5-18-6-4-9/h1-2,9,17H,3-6,8H2.